The Morgan fingerprint density at radius 1 is 0.429 bits per heavy atom. The van der Waals surface area contributed by atoms with Gasteiger partial charge in [0, 0.05) is 33.0 Å². The number of rotatable bonds is 7. The summed E-state index contributed by atoms with van der Waals surface area (Å²) in [7, 11) is 0. The Bertz CT molecular complexity index is 2860. The molecule has 0 aliphatic heterocycles. The molecule has 0 N–H and O–H groups in total. The van der Waals surface area contributed by atoms with Crippen molar-refractivity contribution in [3.8, 4) is 67.5 Å². The molecule has 4 nitrogen and oxygen atoms in total. The molecule has 4 heteroatoms. The standard InChI is InChI=1S/C52H39N3O/c1-3-10-34(11-4-1)35-24-28-39(29-25-35)51-53-50(38-12-5-2-6-13-38)54-52(55-51)45-18-9-19-47-48(45)44-17-8-16-43(49(44)56-47)41-15-7-14-40(32-41)36-22-26-37(27-23-36)46-31-33-20-21-42(46)30-33/h1-19,22-29,32-33,42,46H,20-21,30-31H2. The average Bonchev–Trinajstić information content (AvgIpc) is 4.02. The van der Waals surface area contributed by atoms with E-state index in [1.54, 1.807) is 0 Å². The smallest absolute Gasteiger partial charge is 0.164 e. The molecule has 2 fully saturated rings. The number of benzene rings is 7. The number of nitrogens with zero attached hydrogens (tertiary/aromatic N) is 3. The van der Waals surface area contributed by atoms with Gasteiger partial charge in [-0.1, -0.05) is 164 Å². The molecule has 0 spiro atoms. The van der Waals surface area contributed by atoms with E-state index in [4.69, 9.17) is 19.4 Å². The van der Waals surface area contributed by atoms with E-state index in [1.165, 1.54) is 47.9 Å². The zero-order chi connectivity index (χ0) is 37.0. The monoisotopic (exact) mass is 721 g/mol. The molecule has 2 aliphatic rings. The number of hydrogen-bond acceptors (Lipinski definition) is 4. The van der Waals surface area contributed by atoms with Crippen LogP contribution in [0.5, 0.6) is 0 Å². The van der Waals surface area contributed by atoms with Crippen LogP contribution in [0.1, 0.15) is 37.2 Å². The van der Waals surface area contributed by atoms with Gasteiger partial charge < -0.3 is 4.42 Å². The van der Waals surface area contributed by atoms with E-state index in [1.807, 2.05) is 48.5 Å². The molecule has 0 amide bonds. The Morgan fingerprint density at radius 2 is 1.00 bits per heavy atom. The SMILES string of the molecule is c1ccc(-c2ccc(-c3nc(-c4ccccc4)nc(-c4cccc5oc6c(-c7cccc(-c8ccc(C9CC%10CCC9C%10)cc8)c7)cccc6c45)n3)cc2)cc1. The predicted octanol–water partition coefficient (Wildman–Crippen LogP) is 13.7. The first-order chi connectivity index (χ1) is 27.7. The third-order valence-electron chi connectivity index (χ3n) is 12.3. The first-order valence-electron chi connectivity index (χ1n) is 19.8. The number of fused-ring (bicyclic) bond motifs is 5. The Morgan fingerprint density at radius 3 is 1.73 bits per heavy atom. The fraction of sp³-hybridized carbons (Fsp3) is 0.135. The summed E-state index contributed by atoms with van der Waals surface area (Å²) in [6.07, 6.45) is 5.64. The maximum absolute atomic E-state index is 6.76. The summed E-state index contributed by atoms with van der Waals surface area (Å²) in [5.41, 5.74) is 12.9. The molecule has 56 heavy (non-hydrogen) atoms. The van der Waals surface area contributed by atoms with Gasteiger partial charge in [-0.15, -0.1) is 0 Å². The van der Waals surface area contributed by atoms with Crippen LogP contribution in [0.2, 0.25) is 0 Å². The van der Waals surface area contributed by atoms with Crippen LogP contribution < -0.4 is 0 Å². The van der Waals surface area contributed by atoms with E-state index in [9.17, 15) is 0 Å². The van der Waals surface area contributed by atoms with Crippen LogP contribution in [-0.2, 0) is 0 Å². The molecule has 2 aromatic heterocycles. The molecule has 3 atom stereocenters. The summed E-state index contributed by atoms with van der Waals surface area (Å²) < 4.78 is 6.76. The molecule has 3 unspecified atom stereocenters. The molecule has 11 rings (SSSR count). The second-order valence-electron chi connectivity index (χ2n) is 15.6. The van der Waals surface area contributed by atoms with E-state index in [0.717, 1.165) is 73.1 Å². The molecule has 2 aliphatic carbocycles. The molecule has 268 valence electrons. The van der Waals surface area contributed by atoms with Gasteiger partial charge in [-0.05, 0) is 82.5 Å². The number of hydrogen-bond donors (Lipinski definition) is 0. The van der Waals surface area contributed by atoms with Crippen molar-refractivity contribution in [3.05, 3.63) is 175 Å². The summed E-state index contributed by atoms with van der Waals surface area (Å²) in [4.78, 5) is 15.3. The Kier molecular flexibility index (Phi) is 7.94. The van der Waals surface area contributed by atoms with Crippen LogP contribution >= 0.6 is 0 Å². The molecule has 0 radical (unpaired) electrons. The minimum Gasteiger partial charge on any atom is -0.455 e. The lowest BCUT2D eigenvalue weighted by Gasteiger charge is -2.22. The Labute approximate surface area is 326 Å². The first-order valence-corrected chi connectivity index (χ1v) is 19.8. The van der Waals surface area contributed by atoms with Crippen molar-refractivity contribution in [1.29, 1.82) is 0 Å². The maximum Gasteiger partial charge on any atom is 0.164 e. The third-order valence-corrected chi connectivity index (χ3v) is 12.3. The lowest BCUT2D eigenvalue weighted by atomic mass is 9.83. The summed E-state index contributed by atoms with van der Waals surface area (Å²) in [6.45, 7) is 0. The Hall–Kier alpha value is -6.65. The number of para-hydroxylation sites is 1. The summed E-state index contributed by atoms with van der Waals surface area (Å²) in [5.74, 6) is 4.43. The van der Waals surface area contributed by atoms with Crippen LogP contribution in [0.15, 0.2) is 174 Å². The highest BCUT2D eigenvalue weighted by Crippen LogP contribution is 2.53. The topological polar surface area (TPSA) is 51.8 Å². The lowest BCUT2D eigenvalue weighted by molar-refractivity contribution is 0.420. The predicted molar refractivity (Wildman–Crippen MR) is 228 cm³/mol. The summed E-state index contributed by atoms with van der Waals surface area (Å²) in [6, 6.07) is 59.8. The van der Waals surface area contributed by atoms with Gasteiger partial charge in [0.05, 0.1) is 0 Å². The molecular weight excluding hydrogens is 683 g/mol. The average molecular weight is 722 g/mol. The molecule has 2 heterocycles. The lowest BCUT2D eigenvalue weighted by Crippen LogP contribution is -2.08. The van der Waals surface area contributed by atoms with Gasteiger partial charge in [0.2, 0.25) is 0 Å². The van der Waals surface area contributed by atoms with E-state index < -0.39 is 0 Å². The molecule has 9 aromatic rings. The van der Waals surface area contributed by atoms with E-state index >= 15 is 0 Å². The van der Waals surface area contributed by atoms with Crippen molar-refractivity contribution in [2.75, 3.05) is 0 Å². The van der Waals surface area contributed by atoms with Crippen molar-refractivity contribution in [2.45, 2.75) is 31.6 Å². The van der Waals surface area contributed by atoms with Crippen LogP contribution in [0, 0.1) is 11.8 Å². The van der Waals surface area contributed by atoms with Gasteiger partial charge in [-0.2, -0.15) is 0 Å². The number of furan rings is 1. The van der Waals surface area contributed by atoms with E-state index in [-0.39, 0.29) is 0 Å². The van der Waals surface area contributed by atoms with Gasteiger partial charge in [0.25, 0.3) is 0 Å². The van der Waals surface area contributed by atoms with Crippen molar-refractivity contribution < 1.29 is 4.42 Å². The van der Waals surface area contributed by atoms with Crippen molar-refractivity contribution >= 4 is 21.9 Å². The third kappa shape index (κ3) is 5.81. The largest absolute Gasteiger partial charge is 0.455 e. The minimum atomic E-state index is 0.607. The minimum absolute atomic E-state index is 0.607. The zero-order valence-electron chi connectivity index (χ0n) is 31.0. The quantitative estimate of drug-likeness (QED) is 0.164. The molecule has 2 bridgehead atoms. The molecule has 2 saturated carbocycles. The molecule has 7 aromatic carbocycles. The van der Waals surface area contributed by atoms with Gasteiger partial charge in [-0.3, -0.25) is 0 Å². The fourth-order valence-electron chi connectivity index (χ4n) is 9.49. The maximum atomic E-state index is 6.76. The van der Waals surface area contributed by atoms with Gasteiger partial charge in [0.1, 0.15) is 11.2 Å². The highest BCUT2D eigenvalue weighted by Gasteiger charge is 2.40. The number of aromatic nitrogens is 3. The van der Waals surface area contributed by atoms with Crippen LogP contribution in [-0.4, -0.2) is 15.0 Å². The first kappa shape index (κ1) is 32.8. The molecule has 0 saturated heterocycles. The van der Waals surface area contributed by atoms with Crippen LogP contribution in [0.4, 0.5) is 0 Å². The van der Waals surface area contributed by atoms with Crippen molar-refractivity contribution in [2.24, 2.45) is 11.8 Å². The van der Waals surface area contributed by atoms with Crippen LogP contribution in [0.25, 0.3) is 89.5 Å². The second-order valence-corrected chi connectivity index (χ2v) is 15.6. The van der Waals surface area contributed by atoms with E-state index in [2.05, 4.69) is 121 Å². The normalized spacial score (nSPS) is 17.5. The van der Waals surface area contributed by atoms with Gasteiger partial charge in [0.15, 0.2) is 17.5 Å². The van der Waals surface area contributed by atoms with Crippen molar-refractivity contribution in [3.63, 3.8) is 0 Å². The molecular formula is C52H39N3O. The second kappa shape index (κ2) is 13.6. The highest BCUT2D eigenvalue weighted by atomic mass is 16.3. The highest BCUT2D eigenvalue weighted by molar-refractivity contribution is 6.15. The van der Waals surface area contributed by atoms with Crippen molar-refractivity contribution in [1.82, 2.24) is 15.0 Å². The van der Waals surface area contributed by atoms with Gasteiger partial charge >= 0.3 is 0 Å². The van der Waals surface area contributed by atoms with Crippen LogP contribution in [0.3, 0.4) is 0 Å². The van der Waals surface area contributed by atoms with E-state index in [0.29, 0.717) is 17.5 Å². The summed E-state index contributed by atoms with van der Waals surface area (Å²) in [5, 5.41) is 2.02. The zero-order valence-corrected chi connectivity index (χ0v) is 31.0. The van der Waals surface area contributed by atoms with Gasteiger partial charge in [-0.25, -0.2) is 15.0 Å². The fourth-order valence-corrected chi connectivity index (χ4v) is 9.49. The summed E-state index contributed by atoms with van der Waals surface area (Å²) >= 11 is 0. The Balaban J connectivity index is 0.990.